The van der Waals surface area contributed by atoms with Crippen LogP contribution in [0.25, 0.3) is 10.9 Å². The molecule has 2 aromatic rings. The van der Waals surface area contributed by atoms with Gasteiger partial charge in [0.1, 0.15) is 48.8 Å². The second-order valence-corrected chi connectivity index (χ2v) is 17.1. The lowest BCUT2D eigenvalue weighted by Gasteiger charge is -2.29. The number of nitrogens with one attached hydrogen (secondary N) is 9. The summed E-state index contributed by atoms with van der Waals surface area (Å²) in [6, 6.07) is -5.25. The maximum atomic E-state index is 14.4. The van der Waals surface area contributed by atoms with Gasteiger partial charge in [0.25, 0.3) is 0 Å². The van der Waals surface area contributed by atoms with Gasteiger partial charge in [-0.2, -0.15) is 12.6 Å². The number of nitrogens with two attached hydrogens (primary N) is 2. The third kappa shape index (κ3) is 20.5. The number of carbonyl (C=O) groups excluding carboxylic acids is 8. The van der Waals surface area contributed by atoms with Crippen LogP contribution in [0.5, 0.6) is 0 Å². The van der Waals surface area contributed by atoms with Gasteiger partial charge < -0.3 is 84.5 Å². The van der Waals surface area contributed by atoms with Crippen molar-refractivity contribution in [2.75, 3.05) is 32.1 Å². The van der Waals surface area contributed by atoms with Crippen LogP contribution in [0.1, 0.15) is 70.8 Å². The Bertz CT molecular complexity index is 2210. The van der Waals surface area contributed by atoms with E-state index in [1.165, 1.54) is 0 Å². The molecule has 0 bridgehead atoms. The quantitative estimate of drug-likeness (QED) is 0.0232. The molecule has 0 aliphatic carbocycles. The summed E-state index contributed by atoms with van der Waals surface area (Å²) in [5.41, 5.74) is 12.6. The number of carboxylic acid groups (broad SMARTS) is 3. The van der Waals surface area contributed by atoms with Gasteiger partial charge in [-0.15, -0.1) is 0 Å². The molecule has 28 heteroatoms. The number of aliphatic hydroxyl groups excluding tert-OH is 2. The molecule has 0 fully saturated rings. The molecule has 72 heavy (non-hydrogen) atoms. The highest BCUT2D eigenvalue weighted by Gasteiger charge is 2.36. The van der Waals surface area contributed by atoms with Crippen LogP contribution < -0.4 is 54.0 Å². The van der Waals surface area contributed by atoms with Gasteiger partial charge in [0, 0.05) is 42.1 Å². The van der Waals surface area contributed by atoms with Gasteiger partial charge in [-0.1, -0.05) is 38.5 Å². The number of hydrogen-bond donors (Lipinski definition) is 17. The smallest absolute Gasteiger partial charge is 0.322 e. The van der Waals surface area contributed by atoms with Crippen LogP contribution in [0.2, 0.25) is 0 Å². The average Bonchev–Trinajstić information content (AvgIpc) is 3.76. The highest BCUT2D eigenvalue weighted by atomic mass is 32.1. The van der Waals surface area contributed by atoms with Crippen molar-refractivity contribution in [1.29, 1.82) is 0 Å². The molecule has 0 saturated carbocycles. The van der Waals surface area contributed by atoms with E-state index in [2.05, 4.69) is 60.1 Å². The van der Waals surface area contributed by atoms with Gasteiger partial charge >= 0.3 is 17.9 Å². The van der Waals surface area contributed by atoms with Crippen molar-refractivity contribution in [3.63, 3.8) is 0 Å². The molecular formula is C44H67N11O16S. The summed E-state index contributed by atoms with van der Waals surface area (Å²) in [4.78, 5) is 145. The van der Waals surface area contributed by atoms with Crippen molar-refractivity contribution >= 4 is 88.7 Å². The van der Waals surface area contributed by atoms with E-state index in [0.29, 0.717) is 29.3 Å². The number of rotatable bonds is 34. The molecule has 400 valence electrons. The number of aliphatic hydroxyl groups is 2. The zero-order chi connectivity index (χ0) is 54.1. The number of unbranched alkanes of at least 4 members (excludes halogenated alkanes) is 1. The number of para-hydroxylation sites is 1. The van der Waals surface area contributed by atoms with Crippen LogP contribution in [0.4, 0.5) is 0 Å². The van der Waals surface area contributed by atoms with Crippen molar-refractivity contribution in [3.8, 4) is 0 Å². The van der Waals surface area contributed by atoms with Crippen LogP contribution in [-0.2, 0) is 59.2 Å². The van der Waals surface area contributed by atoms with Crippen LogP contribution in [-0.4, -0.2) is 176 Å². The number of hydrogen-bond acceptors (Lipinski definition) is 16. The third-order valence-corrected chi connectivity index (χ3v) is 11.6. The number of fused-ring (bicyclic) bond motifs is 1. The predicted octanol–water partition coefficient (Wildman–Crippen LogP) is -4.55. The maximum absolute atomic E-state index is 14.4. The van der Waals surface area contributed by atoms with Gasteiger partial charge in [0.05, 0.1) is 19.3 Å². The number of benzene rings is 1. The molecule has 0 aliphatic heterocycles. The zero-order valence-corrected chi connectivity index (χ0v) is 40.7. The van der Waals surface area contributed by atoms with Gasteiger partial charge in [-0.05, 0) is 56.2 Å². The Morgan fingerprint density at radius 1 is 0.611 bits per heavy atom. The van der Waals surface area contributed by atoms with Crippen LogP contribution >= 0.6 is 12.6 Å². The van der Waals surface area contributed by atoms with Crippen molar-refractivity contribution in [2.45, 2.75) is 120 Å². The van der Waals surface area contributed by atoms with Gasteiger partial charge in [-0.3, -0.25) is 52.7 Å². The number of amides is 8. The fraction of sp³-hybridized carbons (Fsp3) is 0.568. The first-order valence-corrected chi connectivity index (χ1v) is 23.6. The van der Waals surface area contributed by atoms with Crippen molar-refractivity contribution in [2.24, 2.45) is 17.4 Å². The molecule has 1 aromatic heterocycles. The van der Waals surface area contributed by atoms with Crippen LogP contribution in [0.3, 0.4) is 0 Å². The predicted molar refractivity (Wildman–Crippen MR) is 258 cm³/mol. The van der Waals surface area contributed by atoms with E-state index in [0.717, 1.165) is 0 Å². The first-order valence-electron chi connectivity index (χ1n) is 23.0. The summed E-state index contributed by atoms with van der Waals surface area (Å²) >= 11 is 4.11. The zero-order valence-electron chi connectivity index (χ0n) is 39.8. The molecule has 0 spiro atoms. The fourth-order valence-corrected chi connectivity index (χ4v) is 7.15. The van der Waals surface area contributed by atoms with Crippen LogP contribution in [0.15, 0.2) is 30.5 Å². The van der Waals surface area contributed by atoms with Gasteiger partial charge in [-0.25, -0.2) is 0 Å². The van der Waals surface area contributed by atoms with Gasteiger partial charge in [0.2, 0.25) is 47.3 Å². The largest absolute Gasteiger partial charge is 0.481 e. The van der Waals surface area contributed by atoms with Crippen molar-refractivity contribution in [3.05, 3.63) is 36.0 Å². The third-order valence-electron chi connectivity index (χ3n) is 11.3. The summed E-state index contributed by atoms with van der Waals surface area (Å²) in [5.74, 6) is -12.8. The van der Waals surface area contributed by atoms with Gasteiger partial charge in [0.15, 0.2) is 0 Å². The summed E-state index contributed by atoms with van der Waals surface area (Å²) in [7, 11) is 0. The normalized spacial score (nSPS) is 14.8. The Balaban J connectivity index is 2.46. The van der Waals surface area contributed by atoms with Crippen molar-refractivity contribution in [1.82, 2.24) is 47.5 Å². The highest BCUT2D eigenvalue weighted by molar-refractivity contribution is 7.80. The van der Waals surface area contributed by atoms with Crippen LogP contribution in [0, 0.1) is 5.92 Å². The van der Waals surface area contributed by atoms with E-state index < -0.39 is 158 Å². The summed E-state index contributed by atoms with van der Waals surface area (Å²) < 4.78 is 0. The molecule has 0 aliphatic rings. The maximum Gasteiger partial charge on any atom is 0.322 e. The van der Waals surface area contributed by atoms with E-state index in [4.69, 9.17) is 21.7 Å². The Hall–Kier alpha value is -6.88. The topological polar surface area (TPSA) is 453 Å². The lowest BCUT2D eigenvalue weighted by atomic mass is 9.96. The second kappa shape index (κ2) is 31.5. The molecule has 0 radical (unpaired) electrons. The standard InChI is InChI=1S/C44H67N11O16S/c1-3-22(2)36(44(71)54-32(21-72)38(65)48-18-35(62)63)55-41(68)29(16-23-17-47-26-9-5-4-8-24(23)26)51-39(66)27(10-6-7-15-45)49-40(67)28(12-14-34(60)61)50-42(69)31(20-57)53-43(70)30(19-56)52-37(64)25(46)11-13-33(58)59/h4-5,8-9,17,22,25,27-32,36,47,56-57,72H,3,6-7,10-16,18-21,45-46H2,1-2H3,(H,48,65)(H,49,67)(H,50,69)(H,51,66)(H,52,64)(H,53,70)(H,54,71)(H,55,68)(H,58,59)(H,60,61)(H,62,63)/t22-,25-,27-,28-,29-,30-,31-,32-,36-/m0/s1. The Morgan fingerprint density at radius 2 is 1.11 bits per heavy atom. The minimum Gasteiger partial charge on any atom is -0.481 e. The number of H-pyrrole nitrogens is 1. The monoisotopic (exact) mass is 1040 g/mol. The number of aliphatic carboxylic acids is 3. The molecule has 18 N–H and O–H groups in total. The fourth-order valence-electron chi connectivity index (χ4n) is 6.89. The molecule has 8 amide bonds. The second-order valence-electron chi connectivity index (χ2n) is 16.7. The Kier molecular flexibility index (Phi) is 26.8. The summed E-state index contributed by atoms with van der Waals surface area (Å²) in [6.45, 7) is 0.673. The van der Waals surface area contributed by atoms with E-state index in [9.17, 15) is 68.1 Å². The summed E-state index contributed by atoms with van der Waals surface area (Å²) in [6.07, 6.45) is 0.150. The first kappa shape index (κ1) is 61.2. The Morgan fingerprint density at radius 3 is 1.65 bits per heavy atom. The summed E-state index contributed by atoms with van der Waals surface area (Å²) in [5, 5.41) is 66.8. The lowest BCUT2D eigenvalue weighted by molar-refractivity contribution is -0.139. The lowest BCUT2D eigenvalue weighted by Crippen LogP contribution is -2.61. The van der Waals surface area contributed by atoms with Crippen molar-refractivity contribution < 1.29 is 78.3 Å². The number of carbonyl (C=O) groups is 11. The molecule has 0 saturated heterocycles. The van der Waals surface area contributed by atoms with E-state index in [-0.39, 0.29) is 38.0 Å². The minimum atomic E-state index is -1.86. The molecule has 1 aromatic carbocycles. The number of thiol groups is 1. The van der Waals surface area contributed by atoms with E-state index >= 15 is 0 Å². The van der Waals surface area contributed by atoms with E-state index in [1.54, 1.807) is 44.3 Å². The van der Waals surface area contributed by atoms with E-state index in [1.807, 2.05) is 0 Å². The molecule has 27 nitrogen and oxygen atoms in total. The molecule has 9 atom stereocenters. The molecule has 1 heterocycles. The average molecular weight is 1040 g/mol. The highest BCUT2D eigenvalue weighted by Crippen LogP contribution is 2.20. The SMILES string of the molecule is CC[C@H](C)[C@H](NC(=O)[C@H](Cc1c[nH]c2ccccc12)NC(=O)[C@H](CCCCN)NC(=O)[C@H](CCC(=O)O)NC(=O)[C@H](CO)NC(=O)[C@H](CO)NC(=O)[C@@H](N)CCC(=O)O)C(=O)N[C@@H](CS)C(=O)NCC(=O)O. The minimum absolute atomic E-state index is 0.105. The number of aromatic amines is 1. The Labute approximate surface area is 418 Å². The first-order chi connectivity index (χ1) is 34.1. The molecule has 0 unspecified atom stereocenters. The molecule has 2 rings (SSSR count). The molecular weight excluding hydrogens is 971 g/mol. The number of aromatic nitrogens is 1. The number of carboxylic acids is 3.